The summed E-state index contributed by atoms with van der Waals surface area (Å²) >= 11 is 12.8. The number of halogens is 4. The molecule has 1 aromatic rings. The summed E-state index contributed by atoms with van der Waals surface area (Å²) in [7, 11) is 0. The van der Waals surface area contributed by atoms with Gasteiger partial charge in [-0.05, 0) is 61.3 Å². The van der Waals surface area contributed by atoms with Gasteiger partial charge in [0.05, 0.1) is 5.60 Å². The summed E-state index contributed by atoms with van der Waals surface area (Å²) in [4.78, 5) is 0. The number of fused-ring (bicyclic) bond motifs is 1. The van der Waals surface area contributed by atoms with Crippen molar-refractivity contribution in [3.05, 3.63) is 39.2 Å². The molecule has 115 valence electrons. The van der Waals surface area contributed by atoms with Gasteiger partial charge < -0.3 is 5.11 Å². The van der Waals surface area contributed by atoms with Crippen LogP contribution in [0.2, 0.25) is 10.0 Å². The maximum absolute atomic E-state index is 13.3. The quantitative estimate of drug-likeness (QED) is 0.743. The minimum Gasteiger partial charge on any atom is -0.385 e. The maximum Gasteiger partial charge on any atom is 0.251 e. The molecule has 1 saturated carbocycles. The predicted molar refractivity (Wildman–Crippen MR) is 80.2 cm³/mol. The highest BCUT2D eigenvalue weighted by Crippen LogP contribution is 2.49. The summed E-state index contributed by atoms with van der Waals surface area (Å²) in [6.45, 7) is 1.75. The third-order valence-electron chi connectivity index (χ3n) is 4.73. The van der Waals surface area contributed by atoms with Crippen LogP contribution in [0.4, 0.5) is 8.78 Å². The Morgan fingerprint density at radius 1 is 1.29 bits per heavy atom. The summed E-state index contributed by atoms with van der Waals surface area (Å²) in [6.07, 6.45) is 2.85. The van der Waals surface area contributed by atoms with Crippen LogP contribution in [-0.4, -0.2) is 11.0 Å². The van der Waals surface area contributed by atoms with Gasteiger partial charge in [0, 0.05) is 22.9 Å². The van der Waals surface area contributed by atoms with E-state index in [1.54, 1.807) is 13.0 Å². The Morgan fingerprint density at radius 2 is 2.00 bits per heavy atom. The van der Waals surface area contributed by atoms with Crippen molar-refractivity contribution < 1.29 is 13.9 Å². The average Bonchev–Trinajstić information content (AvgIpc) is 2.68. The van der Waals surface area contributed by atoms with E-state index in [9.17, 15) is 13.9 Å². The van der Waals surface area contributed by atoms with Gasteiger partial charge in [0.15, 0.2) is 0 Å². The number of hydrogen-bond acceptors (Lipinski definition) is 1. The lowest BCUT2D eigenvalue weighted by Crippen LogP contribution is -2.25. The molecule has 0 aromatic heterocycles. The van der Waals surface area contributed by atoms with Crippen LogP contribution in [0.1, 0.15) is 55.2 Å². The first kappa shape index (κ1) is 15.5. The van der Waals surface area contributed by atoms with E-state index in [0.717, 1.165) is 23.1 Å². The van der Waals surface area contributed by atoms with Crippen LogP contribution in [0.3, 0.4) is 0 Å². The van der Waals surface area contributed by atoms with Crippen LogP contribution in [0.25, 0.3) is 0 Å². The molecule has 0 saturated heterocycles. The fourth-order valence-corrected chi connectivity index (χ4v) is 4.30. The van der Waals surface area contributed by atoms with E-state index < -0.39 is 11.5 Å². The van der Waals surface area contributed by atoms with Crippen LogP contribution in [0.15, 0.2) is 6.07 Å². The van der Waals surface area contributed by atoms with Gasteiger partial charge >= 0.3 is 0 Å². The molecular weight excluding hydrogens is 317 g/mol. The summed E-state index contributed by atoms with van der Waals surface area (Å²) in [5, 5.41) is 11.4. The van der Waals surface area contributed by atoms with Gasteiger partial charge in [0.2, 0.25) is 0 Å². The van der Waals surface area contributed by atoms with Crippen molar-refractivity contribution in [2.24, 2.45) is 0 Å². The molecule has 1 nitrogen and oxygen atoms in total. The van der Waals surface area contributed by atoms with Gasteiger partial charge in [0.1, 0.15) is 0 Å². The van der Waals surface area contributed by atoms with Crippen molar-refractivity contribution in [2.45, 2.75) is 56.5 Å². The molecule has 3 rings (SSSR count). The zero-order chi connectivity index (χ0) is 15.4. The van der Waals surface area contributed by atoms with E-state index >= 15 is 0 Å². The minimum absolute atomic E-state index is 0.0690. The van der Waals surface area contributed by atoms with E-state index in [4.69, 9.17) is 23.2 Å². The lowest BCUT2D eigenvalue weighted by Gasteiger charge is -2.30. The van der Waals surface area contributed by atoms with Crippen molar-refractivity contribution in [1.82, 2.24) is 0 Å². The molecule has 2 aliphatic carbocycles. The van der Waals surface area contributed by atoms with E-state index in [1.807, 2.05) is 0 Å². The highest BCUT2D eigenvalue weighted by molar-refractivity contribution is 6.36. The topological polar surface area (TPSA) is 20.2 Å². The van der Waals surface area contributed by atoms with Gasteiger partial charge in [-0.3, -0.25) is 0 Å². The zero-order valence-electron chi connectivity index (χ0n) is 11.7. The molecule has 2 unspecified atom stereocenters. The lowest BCUT2D eigenvalue weighted by atomic mass is 9.81. The van der Waals surface area contributed by atoms with Crippen LogP contribution < -0.4 is 0 Å². The van der Waals surface area contributed by atoms with Gasteiger partial charge in [-0.15, -0.1) is 0 Å². The van der Waals surface area contributed by atoms with Crippen molar-refractivity contribution in [2.75, 3.05) is 0 Å². The van der Waals surface area contributed by atoms with E-state index in [-0.39, 0.29) is 18.8 Å². The third-order valence-corrected chi connectivity index (χ3v) is 5.48. The highest BCUT2D eigenvalue weighted by atomic mass is 35.5. The fraction of sp³-hybridized carbons (Fsp3) is 0.562. The molecule has 0 heterocycles. The van der Waals surface area contributed by atoms with Gasteiger partial charge in [-0.2, -0.15) is 0 Å². The number of benzene rings is 1. The monoisotopic (exact) mass is 333 g/mol. The normalized spacial score (nSPS) is 28.7. The first-order valence-corrected chi connectivity index (χ1v) is 7.93. The number of alkyl halides is 2. The van der Waals surface area contributed by atoms with Gasteiger partial charge in [0.25, 0.3) is 5.92 Å². The summed E-state index contributed by atoms with van der Waals surface area (Å²) < 4.78 is 26.5. The minimum atomic E-state index is -2.68. The Labute approximate surface area is 133 Å². The SMILES string of the molecule is CC1(O)CCc2c1cc(Cl)c(C1C[CH]C(F)(F)CC1)c2Cl. The van der Waals surface area contributed by atoms with Gasteiger partial charge in [-0.25, -0.2) is 8.78 Å². The summed E-state index contributed by atoms with van der Waals surface area (Å²) in [6, 6.07) is 1.76. The zero-order valence-corrected chi connectivity index (χ0v) is 13.2. The largest absolute Gasteiger partial charge is 0.385 e. The first-order valence-electron chi connectivity index (χ1n) is 7.17. The van der Waals surface area contributed by atoms with Crippen LogP contribution in [0.5, 0.6) is 0 Å². The molecule has 0 amide bonds. The second-order valence-corrected chi connectivity index (χ2v) is 7.11. The summed E-state index contributed by atoms with van der Waals surface area (Å²) in [5.41, 5.74) is 1.54. The standard InChI is InChI=1S/C16H17Cl2F2O/c1-15(21)5-4-10-11(15)8-12(17)13(14(10)18)9-2-6-16(19,20)7-3-9/h6,8-9,21H,2-5,7H2,1H3. The molecule has 2 aliphatic rings. The Balaban J connectivity index is 1.98. The Bertz CT molecular complexity index is 574. The molecule has 1 aromatic carbocycles. The van der Waals surface area contributed by atoms with E-state index in [2.05, 4.69) is 0 Å². The Hall–Kier alpha value is -0.380. The predicted octanol–water partition coefficient (Wildman–Crippen LogP) is 5.25. The smallest absolute Gasteiger partial charge is 0.251 e. The number of aliphatic hydroxyl groups is 1. The van der Waals surface area contributed by atoms with Crippen molar-refractivity contribution >= 4 is 23.2 Å². The van der Waals surface area contributed by atoms with Crippen LogP contribution in [0, 0.1) is 6.42 Å². The van der Waals surface area contributed by atoms with Crippen LogP contribution >= 0.6 is 23.2 Å². The fourth-order valence-electron chi connectivity index (χ4n) is 3.44. The second kappa shape index (κ2) is 5.07. The van der Waals surface area contributed by atoms with E-state index in [1.165, 1.54) is 0 Å². The first-order chi connectivity index (χ1) is 9.71. The Kier molecular flexibility index (Phi) is 3.75. The maximum atomic E-state index is 13.3. The molecule has 0 spiro atoms. The molecule has 1 N–H and O–H groups in total. The molecule has 0 aliphatic heterocycles. The molecule has 1 radical (unpaired) electrons. The number of rotatable bonds is 1. The molecule has 21 heavy (non-hydrogen) atoms. The van der Waals surface area contributed by atoms with E-state index in [0.29, 0.717) is 29.3 Å². The highest BCUT2D eigenvalue weighted by Gasteiger charge is 2.39. The van der Waals surface area contributed by atoms with Gasteiger partial charge in [-0.1, -0.05) is 23.2 Å². The molecule has 2 atom stereocenters. The van der Waals surface area contributed by atoms with Crippen LogP contribution in [-0.2, 0) is 12.0 Å². The molecule has 5 heteroatoms. The van der Waals surface area contributed by atoms with Crippen molar-refractivity contribution in [1.29, 1.82) is 0 Å². The van der Waals surface area contributed by atoms with Crippen molar-refractivity contribution in [3.63, 3.8) is 0 Å². The molecular formula is C16H17Cl2F2O. The number of hydrogen-bond donors (Lipinski definition) is 1. The summed E-state index contributed by atoms with van der Waals surface area (Å²) in [5.74, 6) is -2.75. The molecule has 1 fully saturated rings. The van der Waals surface area contributed by atoms with Crippen molar-refractivity contribution in [3.8, 4) is 0 Å². The average molecular weight is 334 g/mol. The second-order valence-electron chi connectivity index (χ2n) is 6.32. The lowest BCUT2D eigenvalue weighted by molar-refractivity contribution is 0.00650. The Morgan fingerprint density at radius 3 is 2.62 bits per heavy atom. The third kappa shape index (κ3) is 2.69. The molecule has 0 bridgehead atoms.